The highest BCUT2D eigenvalue weighted by Gasteiger charge is 2.01. The van der Waals surface area contributed by atoms with Crippen molar-refractivity contribution in [3.05, 3.63) is 29.7 Å². The van der Waals surface area contributed by atoms with Crippen molar-refractivity contribution in [2.75, 3.05) is 0 Å². The zero-order valence-electron chi connectivity index (χ0n) is 6.71. The Labute approximate surface area is 78.9 Å². The van der Waals surface area contributed by atoms with Gasteiger partial charge in [-0.1, -0.05) is 0 Å². The zero-order valence-corrected chi connectivity index (χ0v) is 7.53. The van der Waals surface area contributed by atoms with E-state index in [1.807, 2.05) is 0 Å². The van der Waals surface area contributed by atoms with Crippen molar-refractivity contribution in [2.45, 2.75) is 6.61 Å². The first kappa shape index (κ1) is 8.28. The average Bonchev–Trinajstić information content (AvgIpc) is 2.71. The molecule has 0 bridgehead atoms. The van der Waals surface area contributed by atoms with E-state index in [9.17, 15) is 0 Å². The van der Waals surface area contributed by atoms with Crippen LogP contribution in [-0.4, -0.2) is 20.1 Å². The maximum absolute atomic E-state index is 8.77. The summed E-state index contributed by atoms with van der Waals surface area (Å²) >= 11 is 1.49. The third-order valence-corrected chi connectivity index (χ3v) is 2.31. The molecule has 0 saturated carbocycles. The second-order valence-electron chi connectivity index (χ2n) is 2.44. The lowest BCUT2D eigenvalue weighted by atomic mass is 10.3. The third kappa shape index (κ3) is 1.71. The lowest BCUT2D eigenvalue weighted by molar-refractivity contribution is 0.281. The summed E-state index contributed by atoms with van der Waals surface area (Å²) in [5.41, 5.74) is 2.45. The van der Waals surface area contributed by atoms with E-state index in [0.717, 1.165) is 4.88 Å². The Kier molecular flexibility index (Phi) is 2.29. The zero-order chi connectivity index (χ0) is 9.10. The molecule has 0 aromatic carbocycles. The molecule has 66 valence electrons. The SMILES string of the molecule is OCc1cnc(-c2cncs2)nc1. The topological polar surface area (TPSA) is 58.9 Å². The number of aliphatic hydroxyl groups is 1. The maximum atomic E-state index is 8.77. The Bertz CT molecular complexity index is 371. The fraction of sp³-hybridized carbons (Fsp3) is 0.125. The molecule has 0 fully saturated rings. The summed E-state index contributed by atoms with van der Waals surface area (Å²) in [4.78, 5) is 13.0. The second kappa shape index (κ2) is 3.59. The van der Waals surface area contributed by atoms with Gasteiger partial charge in [-0.05, 0) is 0 Å². The Hall–Kier alpha value is -1.33. The van der Waals surface area contributed by atoms with Crippen LogP contribution in [0.1, 0.15) is 5.56 Å². The van der Waals surface area contributed by atoms with Crippen molar-refractivity contribution in [3.8, 4) is 10.7 Å². The number of aliphatic hydroxyl groups excluding tert-OH is 1. The fourth-order valence-electron chi connectivity index (χ4n) is 0.890. The van der Waals surface area contributed by atoms with Gasteiger partial charge in [0.1, 0.15) is 0 Å². The van der Waals surface area contributed by atoms with Gasteiger partial charge in [0, 0.05) is 24.2 Å². The van der Waals surface area contributed by atoms with Gasteiger partial charge >= 0.3 is 0 Å². The van der Waals surface area contributed by atoms with Crippen LogP contribution < -0.4 is 0 Å². The highest BCUT2D eigenvalue weighted by molar-refractivity contribution is 7.13. The van der Waals surface area contributed by atoms with Crippen LogP contribution in [0.5, 0.6) is 0 Å². The van der Waals surface area contributed by atoms with Gasteiger partial charge in [0.25, 0.3) is 0 Å². The number of hydrogen-bond acceptors (Lipinski definition) is 5. The van der Waals surface area contributed by atoms with Gasteiger partial charge in [0.2, 0.25) is 0 Å². The first-order valence-electron chi connectivity index (χ1n) is 3.71. The molecule has 0 unspecified atom stereocenters. The maximum Gasteiger partial charge on any atom is 0.171 e. The molecule has 0 aliphatic heterocycles. The summed E-state index contributed by atoms with van der Waals surface area (Å²) in [6.45, 7) is -0.0248. The molecule has 0 aliphatic rings. The highest BCUT2D eigenvalue weighted by atomic mass is 32.1. The van der Waals surface area contributed by atoms with Gasteiger partial charge in [-0.3, -0.25) is 4.98 Å². The van der Waals surface area contributed by atoms with Gasteiger partial charge in [0.05, 0.1) is 17.0 Å². The van der Waals surface area contributed by atoms with Crippen molar-refractivity contribution in [1.29, 1.82) is 0 Å². The van der Waals surface area contributed by atoms with Crippen LogP contribution >= 0.6 is 11.3 Å². The Morgan fingerprint density at radius 1 is 1.23 bits per heavy atom. The first-order valence-corrected chi connectivity index (χ1v) is 4.59. The first-order chi connectivity index (χ1) is 6.40. The van der Waals surface area contributed by atoms with E-state index in [2.05, 4.69) is 15.0 Å². The van der Waals surface area contributed by atoms with E-state index in [1.165, 1.54) is 11.3 Å². The summed E-state index contributed by atoms with van der Waals surface area (Å²) in [6.07, 6.45) is 4.95. The standard InChI is InChI=1S/C8H7N3OS/c12-4-6-1-10-8(11-2-6)7-3-9-5-13-7/h1-3,5,12H,4H2. The third-order valence-electron chi connectivity index (χ3n) is 1.54. The normalized spacial score (nSPS) is 10.2. The average molecular weight is 193 g/mol. The molecular weight excluding hydrogens is 186 g/mol. The van der Waals surface area contributed by atoms with Gasteiger partial charge in [-0.25, -0.2) is 9.97 Å². The fourth-order valence-corrected chi connectivity index (χ4v) is 1.46. The minimum atomic E-state index is -0.0248. The molecule has 0 aliphatic carbocycles. The summed E-state index contributed by atoms with van der Waals surface area (Å²) in [5, 5.41) is 8.77. The monoisotopic (exact) mass is 193 g/mol. The van der Waals surface area contributed by atoms with Gasteiger partial charge < -0.3 is 5.11 Å². The van der Waals surface area contributed by atoms with Crippen LogP contribution in [-0.2, 0) is 6.61 Å². The van der Waals surface area contributed by atoms with Gasteiger partial charge in [-0.2, -0.15) is 0 Å². The van der Waals surface area contributed by atoms with Gasteiger partial charge in [-0.15, -0.1) is 11.3 Å². The molecule has 2 rings (SSSR count). The number of nitrogens with zero attached hydrogens (tertiary/aromatic N) is 3. The molecule has 13 heavy (non-hydrogen) atoms. The number of hydrogen-bond donors (Lipinski definition) is 1. The number of thiazole rings is 1. The molecule has 0 amide bonds. The molecule has 2 aromatic heterocycles. The number of rotatable bonds is 2. The summed E-state index contributed by atoms with van der Waals surface area (Å²) in [7, 11) is 0. The number of aromatic nitrogens is 3. The minimum Gasteiger partial charge on any atom is -0.392 e. The Morgan fingerprint density at radius 2 is 2.00 bits per heavy atom. The van der Waals surface area contributed by atoms with E-state index < -0.39 is 0 Å². The molecular formula is C8H7N3OS. The van der Waals surface area contributed by atoms with Crippen LogP contribution in [0.25, 0.3) is 10.7 Å². The van der Waals surface area contributed by atoms with E-state index in [-0.39, 0.29) is 6.61 Å². The lowest BCUT2D eigenvalue weighted by Gasteiger charge is -1.96. The van der Waals surface area contributed by atoms with Crippen molar-refractivity contribution < 1.29 is 5.11 Å². The van der Waals surface area contributed by atoms with Crippen LogP contribution in [0.4, 0.5) is 0 Å². The minimum absolute atomic E-state index is 0.0248. The smallest absolute Gasteiger partial charge is 0.171 e. The molecule has 5 heteroatoms. The summed E-state index contributed by atoms with van der Waals surface area (Å²) < 4.78 is 0. The predicted molar refractivity (Wildman–Crippen MR) is 49.1 cm³/mol. The molecule has 1 N–H and O–H groups in total. The molecule has 0 spiro atoms. The van der Waals surface area contributed by atoms with E-state index >= 15 is 0 Å². The van der Waals surface area contributed by atoms with E-state index in [4.69, 9.17) is 5.11 Å². The molecule has 0 radical (unpaired) electrons. The van der Waals surface area contributed by atoms with Crippen molar-refractivity contribution in [2.24, 2.45) is 0 Å². The largest absolute Gasteiger partial charge is 0.392 e. The van der Waals surface area contributed by atoms with Crippen LogP contribution in [0, 0.1) is 0 Å². The summed E-state index contributed by atoms with van der Waals surface area (Å²) in [6, 6.07) is 0. The molecule has 2 heterocycles. The lowest BCUT2D eigenvalue weighted by Crippen LogP contribution is -1.90. The Morgan fingerprint density at radius 3 is 2.54 bits per heavy atom. The van der Waals surface area contributed by atoms with Gasteiger partial charge in [0.15, 0.2) is 5.82 Å². The van der Waals surface area contributed by atoms with Crippen LogP contribution in [0.2, 0.25) is 0 Å². The quantitative estimate of drug-likeness (QED) is 0.775. The highest BCUT2D eigenvalue weighted by Crippen LogP contribution is 2.17. The van der Waals surface area contributed by atoms with Crippen LogP contribution in [0.3, 0.4) is 0 Å². The van der Waals surface area contributed by atoms with Crippen molar-refractivity contribution in [1.82, 2.24) is 15.0 Å². The Balaban J connectivity index is 2.33. The second-order valence-corrected chi connectivity index (χ2v) is 3.33. The summed E-state index contributed by atoms with van der Waals surface area (Å²) in [5.74, 6) is 0.653. The molecule has 0 saturated heterocycles. The molecule has 0 atom stereocenters. The predicted octanol–water partition coefficient (Wildman–Crippen LogP) is 1.09. The van der Waals surface area contributed by atoms with Crippen LogP contribution in [0.15, 0.2) is 24.1 Å². The molecule has 2 aromatic rings. The van der Waals surface area contributed by atoms with E-state index in [1.54, 1.807) is 24.1 Å². The van der Waals surface area contributed by atoms with E-state index in [0.29, 0.717) is 11.4 Å². The molecule has 4 nitrogen and oxygen atoms in total. The van der Waals surface area contributed by atoms with Crippen molar-refractivity contribution in [3.63, 3.8) is 0 Å². The van der Waals surface area contributed by atoms with Crippen molar-refractivity contribution >= 4 is 11.3 Å².